The molecule has 0 saturated carbocycles. The molecule has 0 radical (unpaired) electrons. The van der Waals surface area contributed by atoms with Crippen molar-refractivity contribution in [1.82, 2.24) is 19.3 Å². The van der Waals surface area contributed by atoms with Crippen LogP contribution in [0.25, 0.3) is 72.9 Å². The molecule has 0 atom stereocenters. The zero-order chi connectivity index (χ0) is 34.8. The molecule has 0 spiro atoms. The van der Waals surface area contributed by atoms with Crippen molar-refractivity contribution in [2.75, 3.05) is 0 Å². The Morgan fingerprint density at radius 3 is 2.00 bits per heavy atom. The molecule has 0 aliphatic carbocycles. The van der Waals surface area contributed by atoms with Crippen LogP contribution in [0, 0.1) is 12.4 Å². The van der Waals surface area contributed by atoms with Crippen LogP contribution in [0.1, 0.15) is 50.7 Å². The van der Waals surface area contributed by atoms with Gasteiger partial charge in [0.2, 0.25) is 0 Å². The summed E-state index contributed by atoms with van der Waals surface area (Å²) in [5.41, 5.74) is 14.0. The Labute approximate surface area is 317 Å². The smallest absolute Gasteiger partial charge is 0.511 e. The van der Waals surface area contributed by atoms with Crippen LogP contribution in [-0.4, -0.2) is 24.4 Å². The second-order valence-electron chi connectivity index (χ2n) is 13.7. The molecule has 0 unspecified atom stereocenters. The zero-order valence-corrected chi connectivity index (χ0v) is 31.6. The van der Waals surface area contributed by atoms with Crippen LogP contribution < -0.4 is 4.57 Å². The molecule has 0 amide bonds. The molecule has 3 aromatic heterocycles. The number of hydrogen-bond donors (Lipinski definition) is 1. The van der Waals surface area contributed by atoms with Gasteiger partial charge in [-0.3, -0.25) is 4.57 Å². The molecule has 1 aliphatic rings. The fourth-order valence-corrected chi connectivity index (χ4v) is 7.61. The number of aromatic hydroxyl groups is 1. The van der Waals surface area contributed by atoms with Gasteiger partial charge in [0, 0.05) is 11.6 Å². The SMILES string of the molecule is CC(C)c1cccc(C(C)C)c1-c1c2n([c-][n+]1-c1ccccc1O)-c1[c-]c(-n3ncc4cccnc43)ccc1-c1ccccc1-c1ccccc1-2.[Pt+2]. The molecule has 256 valence electrons. The van der Waals surface area contributed by atoms with Crippen LogP contribution in [0.3, 0.4) is 0 Å². The van der Waals surface area contributed by atoms with Crippen molar-refractivity contribution >= 4 is 11.0 Å². The van der Waals surface area contributed by atoms with Crippen LogP contribution in [0.5, 0.6) is 5.75 Å². The van der Waals surface area contributed by atoms with Crippen LogP contribution in [0.4, 0.5) is 0 Å². The number of para-hydroxylation sites is 2. The zero-order valence-electron chi connectivity index (χ0n) is 29.3. The number of phenolic OH excluding ortho intramolecular Hbond substituents is 1. The molecular formula is C45H36N5OPt+. The van der Waals surface area contributed by atoms with E-state index in [1.165, 1.54) is 11.1 Å². The molecule has 4 heterocycles. The number of benzene rings is 5. The van der Waals surface area contributed by atoms with Crippen molar-refractivity contribution in [3.8, 4) is 67.6 Å². The molecule has 6 nitrogen and oxygen atoms in total. The molecule has 5 aromatic carbocycles. The summed E-state index contributed by atoms with van der Waals surface area (Å²) in [7, 11) is 0. The molecule has 0 bridgehead atoms. The van der Waals surface area contributed by atoms with Gasteiger partial charge in [0.1, 0.15) is 11.4 Å². The maximum atomic E-state index is 11.5. The van der Waals surface area contributed by atoms with Gasteiger partial charge in [-0.05, 0) is 80.9 Å². The van der Waals surface area contributed by atoms with Crippen molar-refractivity contribution in [3.05, 3.63) is 151 Å². The Balaban J connectivity index is 0.00000387. The van der Waals surface area contributed by atoms with E-state index in [-0.39, 0.29) is 38.7 Å². The Hall–Kier alpha value is -5.58. The molecule has 7 heteroatoms. The Bertz CT molecular complexity index is 2610. The van der Waals surface area contributed by atoms with E-state index in [2.05, 4.69) is 133 Å². The van der Waals surface area contributed by atoms with Crippen molar-refractivity contribution in [2.45, 2.75) is 39.5 Å². The summed E-state index contributed by atoms with van der Waals surface area (Å²) < 4.78 is 6.05. The molecular weight excluding hydrogens is 822 g/mol. The number of aromatic nitrogens is 5. The van der Waals surface area contributed by atoms with Crippen molar-refractivity contribution in [3.63, 3.8) is 0 Å². The summed E-state index contributed by atoms with van der Waals surface area (Å²) in [5, 5.41) is 17.2. The third-order valence-electron chi connectivity index (χ3n) is 9.98. The van der Waals surface area contributed by atoms with Crippen LogP contribution in [0.2, 0.25) is 0 Å². The summed E-state index contributed by atoms with van der Waals surface area (Å²) in [4.78, 5) is 4.67. The number of imidazole rings is 1. The van der Waals surface area contributed by atoms with E-state index in [1.54, 1.807) is 12.3 Å². The van der Waals surface area contributed by atoms with Crippen molar-refractivity contribution in [2.24, 2.45) is 0 Å². The minimum atomic E-state index is 0. The summed E-state index contributed by atoms with van der Waals surface area (Å²) in [6.07, 6.45) is 7.42. The Kier molecular flexibility index (Phi) is 8.51. The number of fused-ring (bicyclic) bond motifs is 9. The minimum Gasteiger partial charge on any atom is -0.511 e. The van der Waals surface area contributed by atoms with Gasteiger partial charge in [0.05, 0.1) is 17.6 Å². The average molecular weight is 858 g/mol. The maximum absolute atomic E-state index is 11.5. The quantitative estimate of drug-likeness (QED) is 0.139. The number of nitrogens with zero attached hydrogens (tertiary/aromatic N) is 5. The fourth-order valence-electron chi connectivity index (χ4n) is 7.61. The Morgan fingerprint density at radius 2 is 1.31 bits per heavy atom. The summed E-state index contributed by atoms with van der Waals surface area (Å²) in [5.74, 6) is 0.653. The first-order valence-corrected chi connectivity index (χ1v) is 17.5. The number of pyridine rings is 1. The summed E-state index contributed by atoms with van der Waals surface area (Å²) in [6.45, 7) is 9.00. The fraction of sp³-hybridized carbons (Fsp3) is 0.133. The van der Waals surface area contributed by atoms with E-state index in [0.717, 1.165) is 67.2 Å². The number of phenols is 1. The van der Waals surface area contributed by atoms with Crippen LogP contribution >= 0.6 is 0 Å². The topological polar surface area (TPSA) is 59.8 Å². The third-order valence-corrected chi connectivity index (χ3v) is 9.98. The Morgan fingerprint density at radius 1 is 0.673 bits per heavy atom. The first-order valence-electron chi connectivity index (χ1n) is 17.5. The van der Waals surface area contributed by atoms with Gasteiger partial charge >= 0.3 is 21.1 Å². The van der Waals surface area contributed by atoms with Gasteiger partial charge in [0.25, 0.3) is 6.33 Å². The van der Waals surface area contributed by atoms with Crippen LogP contribution in [0.15, 0.2) is 128 Å². The normalized spacial score (nSPS) is 11.7. The second kappa shape index (κ2) is 13.2. The number of rotatable bonds is 5. The van der Waals surface area contributed by atoms with E-state index in [9.17, 15) is 5.11 Å². The van der Waals surface area contributed by atoms with Crippen molar-refractivity contribution in [1.29, 1.82) is 0 Å². The van der Waals surface area contributed by atoms with Gasteiger partial charge in [-0.2, -0.15) is 11.2 Å². The maximum Gasteiger partial charge on any atom is 2.00 e. The van der Waals surface area contributed by atoms with E-state index in [0.29, 0.717) is 5.69 Å². The average Bonchev–Trinajstić information content (AvgIpc) is 3.76. The first-order chi connectivity index (χ1) is 24.9. The molecule has 1 aliphatic heterocycles. The molecule has 0 saturated heterocycles. The van der Waals surface area contributed by atoms with Gasteiger partial charge < -0.3 is 9.67 Å². The van der Waals surface area contributed by atoms with Crippen molar-refractivity contribution < 1.29 is 30.7 Å². The molecule has 8 aromatic rings. The standard InChI is InChI=1S/C45H36N5O.Pt/c1-28(2)32-18-11-19-33(29(3)4)42(32)44-43-38-17-8-7-16-36(38)34-14-5-6-15-35(34)37-23-22-31(50-45-30(26-47-50)13-12-24-46-45)25-40(37)49(43)27-48(44)39-20-9-10-21-41(39)51;/h5-24,26,28-29,51H,1-4H3;/q-1;+2. The minimum absolute atomic E-state index is 0. The molecule has 52 heavy (non-hydrogen) atoms. The van der Waals surface area contributed by atoms with E-state index in [4.69, 9.17) is 5.10 Å². The van der Waals surface area contributed by atoms with Gasteiger partial charge in [0.15, 0.2) is 5.65 Å². The summed E-state index contributed by atoms with van der Waals surface area (Å²) in [6, 6.07) is 43.4. The van der Waals surface area contributed by atoms with Gasteiger partial charge in [-0.25, -0.2) is 9.67 Å². The summed E-state index contributed by atoms with van der Waals surface area (Å²) >= 11 is 0. The van der Waals surface area contributed by atoms with Gasteiger partial charge in [-0.15, -0.1) is 17.7 Å². The predicted molar refractivity (Wildman–Crippen MR) is 203 cm³/mol. The number of hydrogen-bond acceptors (Lipinski definition) is 3. The monoisotopic (exact) mass is 857 g/mol. The second-order valence-corrected chi connectivity index (χ2v) is 13.7. The van der Waals surface area contributed by atoms with Gasteiger partial charge in [-0.1, -0.05) is 112 Å². The first kappa shape index (κ1) is 33.6. The molecule has 0 fully saturated rings. The van der Waals surface area contributed by atoms with E-state index in [1.807, 2.05) is 41.2 Å². The molecule has 9 rings (SSSR count). The van der Waals surface area contributed by atoms with E-state index >= 15 is 0 Å². The third kappa shape index (κ3) is 5.24. The van der Waals surface area contributed by atoms with Crippen LogP contribution in [-0.2, 0) is 21.1 Å². The molecule has 1 N–H and O–H groups in total. The largest absolute Gasteiger partial charge is 2.00 e. The predicted octanol–water partition coefficient (Wildman–Crippen LogP) is 10.0. The van der Waals surface area contributed by atoms with E-state index < -0.39 is 0 Å².